The molecule has 0 aromatic heterocycles. The molecule has 124 heavy (non-hydrogen) atoms. The summed E-state index contributed by atoms with van der Waals surface area (Å²) in [5, 5.41) is 24.1. The van der Waals surface area contributed by atoms with Gasteiger partial charge in [0.2, 0.25) is 11.8 Å². The second-order valence-corrected chi connectivity index (χ2v) is 39.3. The van der Waals surface area contributed by atoms with Crippen LogP contribution in [0.5, 0.6) is 0 Å². The van der Waals surface area contributed by atoms with Crippen molar-refractivity contribution < 1.29 is 39.0 Å². The van der Waals surface area contributed by atoms with Crippen molar-refractivity contribution in [2.75, 3.05) is 26.2 Å². The number of carbonyl (C=O) groups excluding carboxylic acids is 4. The van der Waals surface area contributed by atoms with Gasteiger partial charge in [-0.2, -0.15) is 0 Å². The van der Waals surface area contributed by atoms with Gasteiger partial charge in [0.25, 0.3) is 0 Å². The molecule has 0 aliphatic heterocycles. The van der Waals surface area contributed by atoms with Gasteiger partial charge in [-0.05, 0) is 74.0 Å². The molecule has 12 heteroatoms. The summed E-state index contributed by atoms with van der Waals surface area (Å²) in [6, 6.07) is 0. The molecule has 0 bridgehead atoms. The molecule has 0 aliphatic rings. The Balaban J connectivity index is -0.00000288. The molecule has 2 amide bonds. The van der Waals surface area contributed by atoms with E-state index in [9.17, 15) is 28.8 Å². The molecule has 0 heterocycles. The number of aliphatic carboxylic acids is 2. The molecular formula is C112H222N4O8. The van der Waals surface area contributed by atoms with Crippen molar-refractivity contribution in [1.82, 2.24) is 10.6 Å². The third-order valence-corrected chi connectivity index (χ3v) is 27.7. The smallest absolute Gasteiger partial charge is 0.303 e. The summed E-state index contributed by atoms with van der Waals surface area (Å²) in [7, 11) is 0. The number of rotatable bonds is 103. The van der Waals surface area contributed by atoms with Crippen molar-refractivity contribution in [3.8, 4) is 0 Å². The average Bonchev–Trinajstić information content (AvgIpc) is 0.924. The first-order valence-electron chi connectivity index (χ1n) is 56.1. The number of nitrogens with two attached hydrogens (primary N) is 2. The Bertz CT molecular complexity index is 1970. The molecule has 8 N–H and O–H groups in total. The molecular weight excluding hydrogens is 1530 g/mol. The monoisotopic (exact) mass is 1750 g/mol. The molecule has 0 fully saturated rings. The van der Waals surface area contributed by atoms with E-state index in [1.807, 2.05) is 0 Å². The van der Waals surface area contributed by atoms with Crippen molar-refractivity contribution in [3.05, 3.63) is 0 Å². The Labute approximate surface area is 774 Å². The molecule has 0 spiro atoms. The Kier molecular flexibility index (Phi) is 110. The average molecular weight is 1750 g/mol. The molecule has 0 radical (unpaired) electrons. The fourth-order valence-corrected chi connectivity index (χ4v) is 19.7. The van der Waals surface area contributed by atoms with Gasteiger partial charge in [0.05, 0.1) is 0 Å². The summed E-state index contributed by atoms with van der Waals surface area (Å²) in [6.07, 6.45) is 116. The molecule has 0 rings (SSSR count). The highest BCUT2D eigenvalue weighted by atomic mass is 16.4. The van der Waals surface area contributed by atoms with Crippen molar-refractivity contribution in [2.24, 2.45) is 47.0 Å². The first-order valence-corrected chi connectivity index (χ1v) is 56.1. The van der Waals surface area contributed by atoms with Crippen LogP contribution in [0.3, 0.4) is 0 Å². The van der Waals surface area contributed by atoms with E-state index in [0.29, 0.717) is 51.9 Å². The highest BCUT2D eigenvalue weighted by molar-refractivity contribution is 5.77. The van der Waals surface area contributed by atoms with Crippen LogP contribution in [0.1, 0.15) is 619 Å². The van der Waals surface area contributed by atoms with E-state index in [1.54, 1.807) is 0 Å². The second-order valence-electron chi connectivity index (χ2n) is 39.3. The Morgan fingerprint density at radius 2 is 0.347 bits per heavy atom. The Morgan fingerprint density at radius 3 is 0.492 bits per heavy atom. The molecule has 0 aromatic carbocycles. The lowest BCUT2D eigenvalue weighted by molar-refractivity contribution is -0.138. The third-order valence-electron chi connectivity index (χ3n) is 27.7. The predicted molar refractivity (Wildman–Crippen MR) is 542 cm³/mol. The van der Waals surface area contributed by atoms with Crippen LogP contribution >= 0.6 is 0 Å². The molecule has 6 unspecified atom stereocenters. The number of carboxylic acids is 2. The molecule has 0 aromatic rings. The van der Waals surface area contributed by atoms with Crippen LogP contribution in [0.25, 0.3) is 0 Å². The van der Waals surface area contributed by atoms with E-state index in [1.165, 1.54) is 475 Å². The first kappa shape index (κ1) is 125. The normalized spacial score (nSPS) is 12.9. The van der Waals surface area contributed by atoms with Gasteiger partial charge in [-0.25, -0.2) is 0 Å². The SMILES string of the molecule is CCCCCCCCC(CCCCCCCCC(=O)O)C(CCCCCCCC)CCCCCCCCC(=O)NCCNC(=O)CCCCCCCCC(CCCCCCCC)C(CCCCCCCC)CCCCCCCCC(=O)O.CCCCCCCCC(CCCCCCCCC=O)C(CCCCCCCC)CCCCCCCCC=O.NCCN. The first-order chi connectivity index (χ1) is 60.9. The van der Waals surface area contributed by atoms with Crippen LogP contribution in [0.15, 0.2) is 0 Å². The van der Waals surface area contributed by atoms with Crippen molar-refractivity contribution in [2.45, 2.75) is 619 Å². The summed E-state index contributed by atoms with van der Waals surface area (Å²) in [5.74, 6) is 4.22. The summed E-state index contributed by atoms with van der Waals surface area (Å²) >= 11 is 0. The molecule has 6 atom stereocenters. The summed E-state index contributed by atoms with van der Waals surface area (Å²) < 4.78 is 0. The van der Waals surface area contributed by atoms with E-state index in [2.05, 4.69) is 52.2 Å². The maximum absolute atomic E-state index is 12.6. The van der Waals surface area contributed by atoms with E-state index in [4.69, 9.17) is 21.7 Å². The summed E-state index contributed by atoms with van der Waals surface area (Å²) in [6.45, 7) is 16.1. The third kappa shape index (κ3) is 99.7. The number of unbranched alkanes of at least 4 members (excludes halogenated alkanes) is 62. The van der Waals surface area contributed by atoms with Gasteiger partial charge in [-0.1, -0.05) is 542 Å². The highest BCUT2D eigenvalue weighted by Gasteiger charge is 2.24. The standard InChI is InChI=1S/C74H144N2O6.C36H70O2.C2H8N2/c1-5-9-13-17-29-41-53-67(69(55-43-31-19-15-11-7-3)59-47-35-23-27-39-51-63-73(79)80)57-45-33-21-25-37-49-61-71(77)75-65-66-76-72(78)62-50-38-26-22-34-46-58-68(54-42-30-18-14-10-6-2)70(56-44-32-20-16-12-8-4)60-48-36-24-28-40-52-64-74(81)82;1-3-5-7-9-17-23-29-35(31-25-19-13-11-15-21-27-33-37)36(30-24-18-10-8-6-4-2)32-26-20-14-12-16-22-28-34-38;3-1-2-4/h67-70H,5-66H2,1-4H3,(H,75,77)(H,76,78)(H,79,80)(H,81,82);33-36H,3-32H2,1-2H3;1-4H2. The van der Waals surface area contributed by atoms with E-state index in [0.717, 1.165) is 125 Å². The molecule has 0 aliphatic carbocycles. The zero-order valence-electron chi connectivity index (χ0n) is 84.6. The van der Waals surface area contributed by atoms with Crippen molar-refractivity contribution in [1.29, 1.82) is 0 Å². The Morgan fingerprint density at radius 1 is 0.210 bits per heavy atom. The van der Waals surface area contributed by atoms with Crippen LogP contribution in [-0.4, -0.2) is 72.7 Å². The van der Waals surface area contributed by atoms with Crippen LogP contribution in [0, 0.1) is 35.5 Å². The number of carbonyl (C=O) groups is 6. The lowest BCUT2D eigenvalue weighted by Gasteiger charge is -2.28. The maximum atomic E-state index is 12.6. The summed E-state index contributed by atoms with van der Waals surface area (Å²) in [4.78, 5) is 68.2. The molecule has 0 saturated heterocycles. The van der Waals surface area contributed by atoms with Crippen LogP contribution in [0.2, 0.25) is 0 Å². The number of carboxylic acid groups (broad SMARTS) is 2. The zero-order chi connectivity index (χ0) is 91.1. The van der Waals surface area contributed by atoms with E-state index < -0.39 is 11.9 Å². The van der Waals surface area contributed by atoms with Crippen LogP contribution in [0.4, 0.5) is 0 Å². The number of amides is 2. The second kappa shape index (κ2) is 109. The lowest BCUT2D eigenvalue weighted by atomic mass is 9.78. The lowest BCUT2D eigenvalue weighted by Crippen LogP contribution is -2.34. The Hall–Kier alpha value is -2.86. The minimum atomic E-state index is -0.661. The minimum absolute atomic E-state index is 0.113. The van der Waals surface area contributed by atoms with Gasteiger partial charge in [0.15, 0.2) is 0 Å². The van der Waals surface area contributed by atoms with Gasteiger partial charge >= 0.3 is 11.9 Å². The van der Waals surface area contributed by atoms with Gasteiger partial charge < -0.3 is 41.9 Å². The van der Waals surface area contributed by atoms with Crippen LogP contribution < -0.4 is 22.1 Å². The van der Waals surface area contributed by atoms with Crippen LogP contribution in [-0.2, 0) is 28.8 Å². The maximum Gasteiger partial charge on any atom is 0.303 e. The number of nitrogens with one attached hydrogen (secondary N) is 2. The minimum Gasteiger partial charge on any atom is -0.481 e. The molecule has 12 nitrogen and oxygen atoms in total. The molecule has 0 saturated carbocycles. The quantitative estimate of drug-likeness (QED) is 0.0250. The molecule has 738 valence electrons. The van der Waals surface area contributed by atoms with E-state index >= 15 is 0 Å². The van der Waals surface area contributed by atoms with Crippen molar-refractivity contribution in [3.63, 3.8) is 0 Å². The fraction of sp³-hybridized carbons (Fsp3) is 0.946. The van der Waals surface area contributed by atoms with Crippen molar-refractivity contribution >= 4 is 36.3 Å². The van der Waals surface area contributed by atoms with Gasteiger partial charge in [-0.3, -0.25) is 19.2 Å². The largest absolute Gasteiger partial charge is 0.481 e. The zero-order valence-corrected chi connectivity index (χ0v) is 84.6. The number of hydrogen-bond donors (Lipinski definition) is 6. The topological polar surface area (TPSA) is 219 Å². The summed E-state index contributed by atoms with van der Waals surface area (Å²) in [5.41, 5.74) is 9.81. The fourth-order valence-electron chi connectivity index (χ4n) is 19.7. The number of aldehydes is 2. The number of hydrogen-bond acceptors (Lipinski definition) is 8. The van der Waals surface area contributed by atoms with E-state index in [-0.39, 0.29) is 11.8 Å². The predicted octanol–water partition coefficient (Wildman–Crippen LogP) is 34.6. The van der Waals surface area contributed by atoms with Gasteiger partial charge in [0, 0.05) is 64.7 Å². The highest BCUT2D eigenvalue weighted by Crippen LogP contribution is 2.38. The van der Waals surface area contributed by atoms with Gasteiger partial charge in [0.1, 0.15) is 12.6 Å². The van der Waals surface area contributed by atoms with Gasteiger partial charge in [-0.15, -0.1) is 0 Å².